The van der Waals surface area contributed by atoms with Gasteiger partial charge in [0.15, 0.2) is 5.96 Å². The van der Waals surface area contributed by atoms with E-state index in [1.165, 1.54) is 16.2 Å². The fraction of sp³-hybridized carbons (Fsp3) is 0.269. The van der Waals surface area contributed by atoms with Crippen molar-refractivity contribution in [3.05, 3.63) is 80.5 Å². The first-order valence-corrected chi connectivity index (χ1v) is 12.2. The molecule has 1 fully saturated rings. The molecule has 0 spiro atoms. The molecule has 1 aliphatic carbocycles. The van der Waals surface area contributed by atoms with Gasteiger partial charge in [0.2, 0.25) is 5.91 Å². The van der Waals surface area contributed by atoms with Gasteiger partial charge in [-0.3, -0.25) is 9.69 Å². The number of nitrogens with zero attached hydrogens (tertiary/aromatic N) is 3. The number of hydrogen-bond acceptors (Lipinski definition) is 6. The molecule has 2 atom stereocenters. The molecule has 172 valence electrons. The molecular weight excluding hydrogens is 466 g/mol. The van der Waals surface area contributed by atoms with Crippen molar-refractivity contribution in [1.82, 2.24) is 4.90 Å². The number of halogens is 1. The van der Waals surface area contributed by atoms with Gasteiger partial charge in [-0.1, -0.05) is 35.9 Å². The van der Waals surface area contributed by atoms with Gasteiger partial charge in [-0.05, 0) is 71.7 Å². The van der Waals surface area contributed by atoms with Crippen molar-refractivity contribution in [2.45, 2.75) is 36.8 Å². The Kier molecular flexibility index (Phi) is 5.28. The lowest BCUT2D eigenvalue weighted by Crippen LogP contribution is -2.52. The average molecular weight is 490 g/mol. The molecule has 0 radical (unpaired) electrons. The Labute approximate surface area is 207 Å². The second kappa shape index (κ2) is 7.95. The van der Waals surface area contributed by atoms with Crippen LogP contribution < -0.4 is 11.5 Å². The molecule has 0 unspecified atom stereocenters. The second-order valence-corrected chi connectivity index (χ2v) is 10.6. The number of likely N-dealkylation sites (N-methyl/N-ethyl adjacent to an activating group) is 1. The number of thiophene rings is 1. The summed E-state index contributed by atoms with van der Waals surface area (Å²) in [6, 6.07) is 17.4. The molecular formula is C26H24ClN5OS. The van der Waals surface area contributed by atoms with Crippen LogP contribution in [-0.2, 0) is 15.9 Å². The average Bonchev–Trinajstić information content (AvgIpc) is 3.36. The van der Waals surface area contributed by atoms with E-state index in [1.807, 2.05) is 48.7 Å². The highest BCUT2D eigenvalue weighted by Crippen LogP contribution is 2.48. The molecule has 4 N–H and O–H groups in total. The largest absolute Gasteiger partial charge is 0.369 e. The van der Waals surface area contributed by atoms with Gasteiger partial charge in [0.25, 0.3) is 0 Å². The Morgan fingerprint density at radius 1 is 1.18 bits per heavy atom. The molecule has 8 heteroatoms. The Balaban J connectivity index is 1.59. The molecule has 2 aliphatic rings. The molecule has 5 rings (SSSR count). The summed E-state index contributed by atoms with van der Waals surface area (Å²) in [5.41, 5.74) is 15.6. The zero-order valence-corrected chi connectivity index (χ0v) is 20.5. The smallest absolute Gasteiger partial charge is 0.239 e. The van der Waals surface area contributed by atoms with E-state index in [-0.39, 0.29) is 17.4 Å². The highest BCUT2D eigenvalue weighted by atomic mass is 35.5. The molecule has 1 aromatic heterocycles. The number of carbonyl (C=O) groups is 1. The highest BCUT2D eigenvalue weighted by Gasteiger charge is 2.48. The Morgan fingerprint density at radius 2 is 1.88 bits per heavy atom. The fourth-order valence-electron chi connectivity index (χ4n) is 4.59. The van der Waals surface area contributed by atoms with E-state index in [0.29, 0.717) is 10.6 Å². The van der Waals surface area contributed by atoms with Crippen LogP contribution in [0.5, 0.6) is 0 Å². The van der Waals surface area contributed by atoms with Crippen LogP contribution >= 0.6 is 22.9 Å². The third-order valence-electron chi connectivity index (χ3n) is 6.90. The number of aliphatic imine (C=N–C) groups is 1. The first kappa shape index (κ1) is 22.6. The molecule has 3 aromatic rings. The number of rotatable bonds is 4. The van der Waals surface area contributed by atoms with E-state index in [1.54, 1.807) is 19.2 Å². The Hall–Kier alpha value is -3.18. The molecule has 1 aliphatic heterocycles. The molecule has 1 saturated carbocycles. The van der Waals surface area contributed by atoms with Crippen molar-refractivity contribution in [3.63, 3.8) is 0 Å². The van der Waals surface area contributed by atoms with Gasteiger partial charge in [-0.25, -0.2) is 4.99 Å². The number of benzene rings is 2. The van der Waals surface area contributed by atoms with Crippen LogP contribution in [0.15, 0.2) is 58.9 Å². The normalized spacial score (nSPS) is 23.4. The summed E-state index contributed by atoms with van der Waals surface area (Å²) in [5.74, 6) is -0.475. The number of amides is 1. The van der Waals surface area contributed by atoms with Crippen molar-refractivity contribution >= 4 is 34.8 Å². The van der Waals surface area contributed by atoms with Crippen molar-refractivity contribution in [2.75, 3.05) is 7.05 Å². The van der Waals surface area contributed by atoms with E-state index >= 15 is 0 Å². The maximum atomic E-state index is 13.5. The summed E-state index contributed by atoms with van der Waals surface area (Å²) in [4.78, 5) is 20.7. The van der Waals surface area contributed by atoms with Gasteiger partial charge in [-0.15, -0.1) is 11.3 Å². The number of carbonyl (C=O) groups excluding carboxylic acids is 1. The lowest BCUT2D eigenvalue weighted by Gasteiger charge is -2.40. The van der Waals surface area contributed by atoms with Crippen molar-refractivity contribution in [2.24, 2.45) is 16.5 Å². The Morgan fingerprint density at radius 3 is 2.53 bits per heavy atom. The van der Waals surface area contributed by atoms with E-state index in [2.05, 4.69) is 6.07 Å². The summed E-state index contributed by atoms with van der Waals surface area (Å²) in [5, 5.41) is 11.8. The van der Waals surface area contributed by atoms with Crippen LogP contribution in [0.3, 0.4) is 0 Å². The van der Waals surface area contributed by atoms with Gasteiger partial charge < -0.3 is 11.5 Å². The highest BCUT2D eigenvalue weighted by molar-refractivity contribution is 7.10. The van der Waals surface area contributed by atoms with Crippen molar-refractivity contribution in [3.8, 4) is 17.2 Å². The lowest BCUT2D eigenvalue weighted by atomic mass is 9.77. The second-order valence-electron chi connectivity index (χ2n) is 9.27. The summed E-state index contributed by atoms with van der Waals surface area (Å²) in [6.45, 7) is 1.95. The number of nitrogens with two attached hydrogens (primary N) is 2. The minimum atomic E-state index is -0.894. The first-order chi connectivity index (χ1) is 16.1. The standard InChI is InChI=1S/C26H24ClN5OS/c1-25(21-12-18(14-34-21)17-9-15(13-28)10-20(27)11-17)22(23(33)32(2)24(29)31-25)16-3-5-19(6-4-16)26(30)7-8-26/h3-6,9-12,14,22H,7-8,30H2,1-2H3,(H2,29,31)/t22-,25+/m0/s1. The zero-order valence-electron chi connectivity index (χ0n) is 18.9. The topological polar surface area (TPSA) is 108 Å². The number of nitriles is 1. The minimum absolute atomic E-state index is 0.110. The molecule has 0 bridgehead atoms. The van der Waals surface area contributed by atoms with Crippen LogP contribution in [0.25, 0.3) is 11.1 Å². The van der Waals surface area contributed by atoms with E-state index < -0.39 is 11.5 Å². The summed E-state index contributed by atoms with van der Waals surface area (Å²) >= 11 is 7.73. The van der Waals surface area contributed by atoms with Gasteiger partial charge >= 0.3 is 0 Å². The third-order valence-corrected chi connectivity index (χ3v) is 8.27. The first-order valence-electron chi connectivity index (χ1n) is 11.0. The van der Waals surface area contributed by atoms with Crippen LogP contribution in [0.2, 0.25) is 5.02 Å². The van der Waals surface area contributed by atoms with Gasteiger partial charge in [0.1, 0.15) is 5.54 Å². The molecule has 34 heavy (non-hydrogen) atoms. The summed E-state index contributed by atoms with van der Waals surface area (Å²) in [6.07, 6.45) is 1.95. The third kappa shape index (κ3) is 3.68. The summed E-state index contributed by atoms with van der Waals surface area (Å²) < 4.78 is 0. The maximum absolute atomic E-state index is 13.5. The molecule has 0 saturated heterocycles. The van der Waals surface area contributed by atoms with E-state index in [0.717, 1.165) is 40.0 Å². The maximum Gasteiger partial charge on any atom is 0.239 e. The van der Waals surface area contributed by atoms with Gasteiger partial charge in [0, 0.05) is 22.5 Å². The fourth-order valence-corrected chi connectivity index (χ4v) is 5.88. The minimum Gasteiger partial charge on any atom is -0.369 e. The van der Waals surface area contributed by atoms with Crippen molar-refractivity contribution in [1.29, 1.82) is 5.26 Å². The predicted molar refractivity (Wildman–Crippen MR) is 136 cm³/mol. The molecule has 2 heterocycles. The Bertz CT molecular complexity index is 1370. The zero-order chi connectivity index (χ0) is 24.3. The number of guanidine groups is 1. The van der Waals surface area contributed by atoms with Gasteiger partial charge in [-0.2, -0.15) is 5.26 Å². The molecule has 2 aromatic carbocycles. The van der Waals surface area contributed by atoms with Crippen LogP contribution in [0.1, 0.15) is 47.3 Å². The SMILES string of the molecule is CN1C(=O)[C@H](c2ccc(C3(N)CC3)cc2)[C@@](C)(c2cc(-c3cc(Cl)cc(C#N)c3)cs2)N=C1N. The molecule has 1 amide bonds. The summed E-state index contributed by atoms with van der Waals surface area (Å²) in [7, 11) is 1.65. The van der Waals surface area contributed by atoms with E-state index in [4.69, 9.17) is 28.1 Å². The predicted octanol–water partition coefficient (Wildman–Crippen LogP) is 4.67. The van der Waals surface area contributed by atoms with Crippen LogP contribution in [0, 0.1) is 11.3 Å². The lowest BCUT2D eigenvalue weighted by molar-refractivity contribution is -0.130. The van der Waals surface area contributed by atoms with Crippen LogP contribution in [-0.4, -0.2) is 23.8 Å². The van der Waals surface area contributed by atoms with Crippen LogP contribution in [0.4, 0.5) is 0 Å². The number of hydrogen-bond donors (Lipinski definition) is 2. The monoisotopic (exact) mass is 489 g/mol. The van der Waals surface area contributed by atoms with Gasteiger partial charge in [0.05, 0.1) is 17.6 Å². The van der Waals surface area contributed by atoms with E-state index in [9.17, 15) is 10.1 Å². The quantitative estimate of drug-likeness (QED) is 0.554. The van der Waals surface area contributed by atoms with Crippen molar-refractivity contribution < 1.29 is 4.79 Å². The molecule has 6 nitrogen and oxygen atoms in total.